The van der Waals surface area contributed by atoms with Crippen molar-refractivity contribution in [3.05, 3.63) is 63.2 Å². The maximum absolute atomic E-state index is 13.6. The van der Waals surface area contributed by atoms with Crippen molar-refractivity contribution in [1.82, 2.24) is 9.97 Å². The van der Waals surface area contributed by atoms with Crippen LogP contribution in [0.25, 0.3) is 11.3 Å². The van der Waals surface area contributed by atoms with Gasteiger partial charge in [0.25, 0.3) is 0 Å². The van der Waals surface area contributed by atoms with Gasteiger partial charge in [0, 0.05) is 23.4 Å². The molecule has 3 aromatic heterocycles. The minimum atomic E-state index is -0.610. The Kier molecular flexibility index (Phi) is 5.43. The van der Waals surface area contributed by atoms with Gasteiger partial charge >= 0.3 is 5.97 Å². The number of halogens is 3. The number of esters is 1. The van der Waals surface area contributed by atoms with Crippen molar-refractivity contribution in [3.63, 3.8) is 0 Å². The summed E-state index contributed by atoms with van der Waals surface area (Å²) in [4.78, 5) is 19.7. The van der Waals surface area contributed by atoms with E-state index < -0.39 is 17.6 Å². The predicted octanol–water partition coefficient (Wildman–Crippen LogP) is 4.50. The van der Waals surface area contributed by atoms with Crippen LogP contribution in [0.2, 0.25) is 4.34 Å². The van der Waals surface area contributed by atoms with Crippen molar-refractivity contribution in [2.24, 2.45) is 0 Å². The molecule has 0 aliphatic rings. The first-order valence-electron chi connectivity index (χ1n) is 7.23. The van der Waals surface area contributed by atoms with Crippen LogP contribution in [0, 0.1) is 11.6 Å². The fourth-order valence-corrected chi connectivity index (χ4v) is 3.36. The lowest BCUT2D eigenvalue weighted by Gasteiger charge is -2.10. The molecule has 0 saturated heterocycles. The highest BCUT2D eigenvalue weighted by molar-refractivity contribution is 7.18. The van der Waals surface area contributed by atoms with E-state index in [2.05, 4.69) is 14.7 Å². The number of methoxy groups -OCH3 is 1. The van der Waals surface area contributed by atoms with Gasteiger partial charge in [0.1, 0.15) is 38.9 Å². The maximum Gasteiger partial charge on any atom is 0.348 e. The number of rotatable bonds is 5. The number of carbonyl (C=O) groups is 1. The van der Waals surface area contributed by atoms with Crippen molar-refractivity contribution >= 4 is 28.9 Å². The molecule has 3 rings (SSSR count). The van der Waals surface area contributed by atoms with Crippen LogP contribution in [-0.2, 0) is 11.3 Å². The van der Waals surface area contributed by atoms with Gasteiger partial charge in [-0.15, -0.1) is 11.3 Å². The summed E-state index contributed by atoms with van der Waals surface area (Å²) in [6, 6.07) is 3.89. The Morgan fingerprint density at radius 3 is 2.69 bits per heavy atom. The number of aromatic nitrogens is 2. The quantitative estimate of drug-likeness (QED) is 0.594. The molecule has 26 heavy (non-hydrogen) atoms. The van der Waals surface area contributed by atoms with E-state index in [1.165, 1.54) is 25.4 Å². The zero-order valence-electron chi connectivity index (χ0n) is 13.3. The third-order valence-electron chi connectivity index (χ3n) is 3.30. The molecule has 0 spiro atoms. The lowest BCUT2D eigenvalue weighted by molar-refractivity contribution is 0.0606. The summed E-state index contributed by atoms with van der Waals surface area (Å²) >= 11 is 7.21. The van der Waals surface area contributed by atoms with E-state index >= 15 is 0 Å². The van der Waals surface area contributed by atoms with Crippen LogP contribution in [0.3, 0.4) is 0 Å². The van der Waals surface area contributed by atoms with Crippen LogP contribution < -0.4 is 4.74 Å². The molecule has 0 atom stereocenters. The van der Waals surface area contributed by atoms with E-state index in [1.54, 1.807) is 0 Å². The third kappa shape index (κ3) is 3.97. The highest BCUT2D eigenvalue weighted by Crippen LogP contribution is 2.39. The molecule has 0 saturated carbocycles. The minimum absolute atomic E-state index is 0.0471. The van der Waals surface area contributed by atoms with Crippen LogP contribution in [0.15, 0.2) is 36.8 Å². The Labute approximate surface area is 156 Å². The number of pyridine rings is 2. The van der Waals surface area contributed by atoms with Crippen LogP contribution in [-0.4, -0.2) is 23.0 Å². The molecule has 0 fully saturated rings. The maximum atomic E-state index is 13.6. The van der Waals surface area contributed by atoms with E-state index in [1.807, 2.05) is 0 Å². The van der Waals surface area contributed by atoms with Crippen molar-refractivity contribution in [3.8, 4) is 17.0 Å². The number of thiophene rings is 1. The standard InChI is InChI=1S/C17H11ClF2N2O3S/c1-24-17(23)14-4-12(16(18)26-14)15-13(3-11(20)7-22-15)25-8-9-2-10(19)6-21-5-9/h2-7H,8H2,1H3. The smallest absolute Gasteiger partial charge is 0.348 e. The van der Waals surface area contributed by atoms with E-state index in [0.29, 0.717) is 11.1 Å². The molecule has 134 valence electrons. The van der Waals surface area contributed by atoms with Gasteiger partial charge in [-0.05, 0) is 12.1 Å². The number of ether oxygens (including phenoxy) is 2. The molecule has 9 heteroatoms. The molecule has 3 heterocycles. The molecule has 3 aromatic rings. The molecule has 0 radical (unpaired) electrons. The summed E-state index contributed by atoms with van der Waals surface area (Å²) in [7, 11) is 1.26. The summed E-state index contributed by atoms with van der Waals surface area (Å²) in [5, 5.41) is 0. The van der Waals surface area contributed by atoms with Crippen LogP contribution in [0.5, 0.6) is 5.75 Å². The largest absolute Gasteiger partial charge is 0.486 e. The molecule has 0 bridgehead atoms. The first kappa shape index (κ1) is 18.2. The summed E-state index contributed by atoms with van der Waals surface area (Å²) in [5.74, 6) is -1.56. The summed E-state index contributed by atoms with van der Waals surface area (Å²) in [6.45, 7) is -0.0471. The van der Waals surface area contributed by atoms with Crippen molar-refractivity contribution < 1.29 is 23.0 Å². The van der Waals surface area contributed by atoms with Gasteiger partial charge in [0.15, 0.2) is 0 Å². The highest BCUT2D eigenvalue weighted by atomic mass is 35.5. The fraction of sp³-hybridized carbons (Fsp3) is 0.118. The molecule has 0 amide bonds. The van der Waals surface area contributed by atoms with Gasteiger partial charge in [-0.2, -0.15) is 0 Å². The van der Waals surface area contributed by atoms with Crippen molar-refractivity contribution in [2.45, 2.75) is 6.61 Å². The second kappa shape index (κ2) is 7.76. The van der Waals surface area contributed by atoms with Crippen LogP contribution in [0.1, 0.15) is 15.2 Å². The predicted molar refractivity (Wildman–Crippen MR) is 92.4 cm³/mol. The molecule has 0 aromatic carbocycles. The average Bonchev–Trinajstić information content (AvgIpc) is 3.01. The first-order valence-corrected chi connectivity index (χ1v) is 8.43. The zero-order valence-corrected chi connectivity index (χ0v) is 14.9. The Balaban J connectivity index is 1.93. The zero-order chi connectivity index (χ0) is 18.7. The van der Waals surface area contributed by atoms with Crippen LogP contribution >= 0.6 is 22.9 Å². The van der Waals surface area contributed by atoms with Gasteiger partial charge in [-0.25, -0.2) is 18.6 Å². The van der Waals surface area contributed by atoms with Gasteiger partial charge in [0.2, 0.25) is 0 Å². The van der Waals surface area contributed by atoms with Gasteiger partial charge < -0.3 is 9.47 Å². The Morgan fingerprint density at radius 1 is 1.19 bits per heavy atom. The Hall–Kier alpha value is -2.58. The van der Waals surface area contributed by atoms with Crippen molar-refractivity contribution in [2.75, 3.05) is 7.11 Å². The molecule has 0 unspecified atom stereocenters. The van der Waals surface area contributed by atoms with E-state index in [-0.39, 0.29) is 27.3 Å². The summed E-state index contributed by atoms with van der Waals surface area (Å²) in [6.07, 6.45) is 3.51. The number of hydrogen-bond acceptors (Lipinski definition) is 6. The lowest BCUT2D eigenvalue weighted by atomic mass is 10.2. The van der Waals surface area contributed by atoms with E-state index in [9.17, 15) is 13.6 Å². The van der Waals surface area contributed by atoms with E-state index in [4.69, 9.17) is 16.3 Å². The summed E-state index contributed by atoms with van der Waals surface area (Å²) < 4.78 is 37.4. The Morgan fingerprint density at radius 2 is 1.96 bits per heavy atom. The molecule has 0 aliphatic carbocycles. The topological polar surface area (TPSA) is 61.3 Å². The average molecular weight is 397 g/mol. The minimum Gasteiger partial charge on any atom is -0.486 e. The van der Waals surface area contributed by atoms with Crippen LogP contribution in [0.4, 0.5) is 8.78 Å². The molecular formula is C17H11ClF2N2O3S. The third-order valence-corrected chi connectivity index (χ3v) is 4.64. The first-order chi connectivity index (χ1) is 12.5. The van der Waals surface area contributed by atoms with Gasteiger partial charge in [-0.3, -0.25) is 4.98 Å². The molecule has 0 N–H and O–H groups in total. The fourth-order valence-electron chi connectivity index (χ4n) is 2.16. The highest BCUT2D eigenvalue weighted by Gasteiger charge is 2.19. The monoisotopic (exact) mass is 396 g/mol. The number of carbonyl (C=O) groups excluding carboxylic acids is 1. The van der Waals surface area contributed by atoms with Gasteiger partial charge in [-0.1, -0.05) is 11.6 Å². The summed E-state index contributed by atoms with van der Waals surface area (Å²) in [5.41, 5.74) is 1.13. The normalized spacial score (nSPS) is 10.6. The second-order valence-electron chi connectivity index (χ2n) is 5.09. The van der Waals surface area contributed by atoms with Gasteiger partial charge in [0.05, 0.1) is 19.5 Å². The Bertz CT molecular complexity index is 965. The molecule has 0 aliphatic heterocycles. The van der Waals surface area contributed by atoms with E-state index in [0.717, 1.165) is 29.8 Å². The van der Waals surface area contributed by atoms with Crippen molar-refractivity contribution in [1.29, 1.82) is 0 Å². The molecule has 5 nitrogen and oxygen atoms in total. The lowest BCUT2D eigenvalue weighted by Crippen LogP contribution is -2.00. The SMILES string of the molecule is COC(=O)c1cc(-c2ncc(F)cc2OCc2cncc(F)c2)c(Cl)s1. The number of nitrogens with zero attached hydrogens (tertiary/aromatic N) is 2. The number of hydrogen-bond donors (Lipinski definition) is 0. The second-order valence-corrected chi connectivity index (χ2v) is 6.74. The molecular weight excluding hydrogens is 386 g/mol.